The van der Waals surface area contributed by atoms with Crippen LogP contribution >= 0.6 is 11.3 Å². The summed E-state index contributed by atoms with van der Waals surface area (Å²) in [4.78, 5) is 29.7. The van der Waals surface area contributed by atoms with Crippen molar-refractivity contribution >= 4 is 51.0 Å². The van der Waals surface area contributed by atoms with Crippen LogP contribution in [-0.2, 0) is 4.79 Å². The van der Waals surface area contributed by atoms with Crippen LogP contribution in [0.1, 0.15) is 15.9 Å². The van der Waals surface area contributed by atoms with E-state index in [0.717, 1.165) is 0 Å². The molecule has 0 unspecified atom stereocenters. The Morgan fingerprint density at radius 1 is 1.00 bits per heavy atom. The topological polar surface area (TPSA) is 107 Å². The number of carboxylic acids is 1. The van der Waals surface area contributed by atoms with Gasteiger partial charge in [-0.05, 0) is 41.3 Å². The monoisotopic (exact) mass is 480 g/mol. The molecule has 5 rings (SSSR count). The van der Waals surface area contributed by atoms with E-state index in [2.05, 4.69) is 15.4 Å². The molecule has 0 bridgehead atoms. The number of para-hydroxylation sites is 2. The minimum Gasteiger partial charge on any atom is -0.505 e. The molecular weight excluding hydrogens is 464 g/mol. The number of hydrazone groups is 1. The summed E-state index contributed by atoms with van der Waals surface area (Å²) in [5, 5.41) is 26.6. The molecule has 2 heterocycles. The molecule has 1 aromatic heterocycles. The van der Waals surface area contributed by atoms with Crippen molar-refractivity contribution in [3.8, 4) is 16.9 Å². The summed E-state index contributed by atoms with van der Waals surface area (Å²) in [6, 6.07) is 20.1. The Labute approximate surface area is 203 Å². The largest absolute Gasteiger partial charge is 0.505 e. The van der Waals surface area contributed by atoms with Crippen molar-refractivity contribution in [3.05, 3.63) is 101 Å². The highest BCUT2D eigenvalue weighted by atomic mass is 32.1. The number of rotatable bonds is 5. The van der Waals surface area contributed by atoms with Crippen molar-refractivity contribution < 1.29 is 19.8 Å². The maximum atomic E-state index is 13.4. The van der Waals surface area contributed by atoms with Gasteiger partial charge in [0.25, 0.3) is 10.9 Å². The first kappa shape index (κ1) is 21.9. The predicted molar refractivity (Wildman–Crippen MR) is 135 cm³/mol. The third kappa shape index (κ3) is 3.78. The van der Waals surface area contributed by atoms with E-state index in [1.165, 1.54) is 28.4 Å². The van der Waals surface area contributed by atoms with Crippen LogP contribution in [0.15, 0.2) is 83.3 Å². The van der Waals surface area contributed by atoms with Crippen LogP contribution in [0.2, 0.25) is 0 Å². The second kappa shape index (κ2) is 8.78. The van der Waals surface area contributed by atoms with Crippen molar-refractivity contribution in [1.82, 2.24) is 0 Å². The average Bonchev–Trinajstić information content (AvgIpc) is 3.44. The molecule has 0 fully saturated rings. The van der Waals surface area contributed by atoms with E-state index in [4.69, 9.17) is 6.57 Å². The maximum Gasteiger partial charge on any atom is 0.335 e. The maximum absolute atomic E-state index is 13.4. The van der Waals surface area contributed by atoms with Crippen molar-refractivity contribution in [1.29, 1.82) is 0 Å². The zero-order valence-corrected chi connectivity index (χ0v) is 18.8. The first-order valence-corrected chi connectivity index (χ1v) is 11.3. The number of carbonyl (C=O) groups is 2. The van der Waals surface area contributed by atoms with E-state index in [-0.39, 0.29) is 22.7 Å². The molecule has 0 spiro atoms. The third-order valence-electron chi connectivity index (χ3n) is 5.52. The number of phenols is 1. The number of hydrogen-bond donors (Lipinski definition) is 3. The van der Waals surface area contributed by atoms with Gasteiger partial charge in [0, 0.05) is 11.1 Å². The molecule has 0 saturated carbocycles. The first-order valence-electron chi connectivity index (χ1n) is 10.4. The fraction of sp³-hybridized carbons (Fsp3) is 0. The Bertz CT molecular complexity index is 1570. The Morgan fingerprint density at radius 2 is 1.77 bits per heavy atom. The Hall–Kier alpha value is -4.94. The third-order valence-corrected chi connectivity index (χ3v) is 6.31. The van der Waals surface area contributed by atoms with E-state index in [9.17, 15) is 19.8 Å². The summed E-state index contributed by atoms with van der Waals surface area (Å²) in [6.45, 7) is 7.40. The number of carboxylic acid groups (broad SMARTS) is 1. The summed E-state index contributed by atoms with van der Waals surface area (Å²) in [5.74, 6) is -1.60. The number of hydrogen-bond acceptors (Lipinski definition) is 6. The van der Waals surface area contributed by atoms with Crippen molar-refractivity contribution in [2.24, 2.45) is 5.10 Å². The van der Waals surface area contributed by atoms with E-state index >= 15 is 0 Å². The Balaban J connectivity index is 1.52. The summed E-state index contributed by atoms with van der Waals surface area (Å²) in [5.41, 5.74) is 5.91. The lowest BCUT2D eigenvalue weighted by Gasteiger charge is -2.15. The van der Waals surface area contributed by atoms with Crippen LogP contribution in [0.3, 0.4) is 0 Å². The molecule has 35 heavy (non-hydrogen) atoms. The fourth-order valence-corrected chi connectivity index (χ4v) is 4.56. The highest BCUT2D eigenvalue weighted by Gasteiger charge is 2.36. The number of amides is 1. The first-order chi connectivity index (χ1) is 17.0. The number of thiophene rings is 1. The number of nitrogens with zero attached hydrogens (tertiary/aromatic N) is 3. The predicted octanol–water partition coefficient (Wildman–Crippen LogP) is 5.86. The molecule has 0 saturated heterocycles. The zero-order valence-electron chi connectivity index (χ0n) is 18.0. The molecule has 1 amide bonds. The average molecular weight is 481 g/mol. The van der Waals surface area contributed by atoms with Crippen LogP contribution < -0.4 is 10.3 Å². The van der Waals surface area contributed by atoms with Crippen LogP contribution in [0.4, 0.5) is 22.1 Å². The van der Waals surface area contributed by atoms with Gasteiger partial charge in [-0.15, -0.1) is 0 Å². The molecule has 170 valence electrons. The minimum absolute atomic E-state index is 0.0981. The lowest BCUT2D eigenvalue weighted by Crippen LogP contribution is -2.25. The number of aromatic hydroxyl groups is 1. The van der Waals surface area contributed by atoms with E-state index in [1.807, 2.05) is 0 Å². The normalized spacial score (nSPS) is 13.5. The summed E-state index contributed by atoms with van der Waals surface area (Å²) in [6.07, 6.45) is 0. The number of aromatic carboxylic acids is 1. The molecule has 0 radical (unpaired) electrons. The highest BCUT2D eigenvalue weighted by Crippen LogP contribution is 2.43. The lowest BCUT2D eigenvalue weighted by molar-refractivity contribution is -0.111. The Kier molecular flexibility index (Phi) is 5.49. The molecule has 3 aromatic carbocycles. The fourth-order valence-electron chi connectivity index (χ4n) is 3.90. The van der Waals surface area contributed by atoms with Gasteiger partial charge in [-0.3, -0.25) is 15.1 Å². The standard InChI is InChI=1S/C26H16N4O4S/c1-27-24-21(12-13-35-24)30-20-11-3-2-8-18(20)22(25(30)32)29-28-19-10-5-9-17(23(19)31)15-6-4-7-16(14-15)26(33)34/h2-14,28,31H,(H,33,34)/b29-22-. The van der Waals surface area contributed by atoms with E-state index in [0.29, 0.717) is 33.1 Å². The van der Waals surface area contributed by atoms with Crippen LogP contribution in [0.5, 0.6) is 5.75 Å². The van der Waals surface area contributed by atoms with E-state index < -0.39 is 11.9 Å². The second-order valence-electron chi connectivity index (χ2n) is 7.54. The summed E-state index contributed by atoms with van der Waals surface area (Å²) in [7, 11) is 0. The molecule has 0 atom stereocenters. The van der Waals surface area contributed by atoms with Gasteiger partial charge in [-0.25, -0.2) is 9.64 Å². The van der Waals surface area contributed by atoms with Gasteiger partial charge >= 0.3 is 5.97 Å². The van der Waals surface area contributed by atoms with Gasteiger partial charge in [0.15, 0.2) is 5.71 Å². The molecule has 4 aromatic rings. The van der Waals surface area contributed by atoms with Crippen molar-refractivity contribution in [2.75, 3.05) is 10.3 Å². The number of carbonyl (C=O) groups excluding carboxylic acids is 1. The van der Waals surface area contributed by atoms with Crippen LogP contribution in [0, 0.1) is 6.57 Å². The van der Waals surface area contributed by atoms with Gasteiger partial charge in [0.2, 0.25) is 0 Å². The smallest absolute Gasteiger partial charge is 0.335 e. The zero-order chi connectivity index (χ0) is 24.5. The molecule has 8 nitrogen and oxygen atoms in total. The van der Waals surface area contributed by atoms with Gasteiger partial charge < -0.3 is 10.2 Å². The number of nitrogens with one attached hydrogen (secondary N) is 1. The number of anilines is 3. The van der Waals surface area contributed by atoms with Gasteiger partial charge in [0.1, 0.15) is 5.75 Å². The van der Waals surface area contributed by atoms with Gasteiger partial charge in [0.05, 0.1) is 29.2 Å². The molecule has 0 aliphatic carbocycles. The van der Waals surface area contributed by atoms with E-state index in [1.54, 1.807) is 66.0 Å². The summed E-state index contributed by atoms with van der Waals surface area (Å²) >= 11 is 1.26. The number of benzene rings is 3. The minimum atomic E-state index is -1.07. The van der Waals surface area contributed by atoms with Crippen molar-refractivity contribution in [3.63, 3.8) is 0 Å². The quantitative estimate of drug-likeness (QED) is 0.188. The molecule has 9 heteroatoms. The molecular formula is C26H16N4O4S. The number of phenolic OH excluding ortho intramolecular Hbond substituents is 1. The molecule has 1 aliphatic heterocycles. The van der Waals surface area contributed by atoms with Gasteiger partial charge in [-0.2, -0.15) is 16.4 Å². The molecule has 3 N–H and O–H groups in total. The SMILES string of the molecule is [C-]#[N+]c1sccc1N1C(=O)/C(=N\Nc2cccc(-c3cccc(C(=O)O)c3)c2O)c2ccccc21. The Morgan fingerprint density at radius 3 is 2.57 bits per heavy atom. The number of fused-ring (bicyclic) bond motifs is 1. The molecule has 1 aliphatic rings. The van der Waals surface area contributed by atoms with Crippen LogP contribution in [-0.4, -0.2) is 27.8 Å². The van der Waals surface area contributed by atoms with Crippen molar-refractivity contribution in [2.45, 2.75) is 0 Å². The highest BCUT2D eigenvalue weighted by molar-refractivity contribution is 7.15. The van der Waals surface area contributed by atoms with Gasteiger partial charge in [-0.1, -0.05) is 42.5 Å². The second-order valence-corrected chi connectivity index (χ2v) is 8.43. The summed E-state index contributed by atoms with van der Waals surface area (Å²) < 4.78 is 0. The van der Waals surface area contributed by atoms with Crippen LogP contribution in [0.25, 0.3) is 16.0 Å². The lowest BCUT2D eigenvalue weighted by atomic mass is 10.0.